The Morgan fingerprint density at radius 1 is 1.22 bits per heavy atom. The lowest BCUT2D eigenvalue weighted by Gasteiger charge is -2.11. The summed E-state index contributed by atoms with van der Waals surface area (Å²) < 4.78 is 14.4. The standard InChI is InChI=1S/C19H18FN5O2/c1-11-2-7-15(26)9-16(11)21-10-14-8-17(27)25-19(22-14)23-18(24-25)12-3-5-13(20)6-4-12/h2-9,18,21,24,26H,10H2,1H3,(H,22,23). The highest BCUT2D eigenvalue weighted by Crippen LogP contribution is 2.23. The maximum Gasteiger partial charge on any atom is 0.273 e. The SMILES string of the molecule is Cc1ccc(O)cc1NCc1cc(=O)n2c(n1)NC(c1ccc(F)cc1)N2. The number of benzene rings is 2. The van der Waals surface area contributed by atoms with E-state index in [1.54, 1.807) is 30.3 Å². The van der Waals surface area contributed by atoms with E-state index in [4.69, 9.17) is 0 Å². The third-order valence-electron chi connectivity index (χ3n) is 4.39. The molecular weight excluding hydrogens is 349 g/mol. The van der Waals surface area contributed by atoms with Gasteiger partial charge in [0.05, 0.1) is 12.2 Å². The fourth-order valence-electron chi connectivity index (χ4n) is 2.93. The lowest BCUT2D eigenvalue weighted by atomic mass is 10.2. The van der Waals surface area contributed by atoms with Crippen molar-refractivity contribution >= 4 is 11.6 Å². The van der Waals surface area contributed by atoms with Gasteiger partial charge in [0.25, 0.3) is 5.56 Å². The van der Waals surface area contributed by atoms with E-state index >= 15 is 0 Å². The van der Waals surface area contributed by atoms with Gasteiger partial charge in [-0.2, -0.15) is 4.68 Å². The van der Waals surface area contributed by atoms with Crippen LogP contribution >= 0.6 is 0 Å². The summed E-state index contributed by atoms with van der Waals surface area (Å²) in [4.78, 5) is 16.9. The van der Waals surface area contributed by atoms with Gasteiger partial charge in [0.15, 0.2) is 0 Å². The van der Waals surface area contributed by atoms with Crippen molar-refractivity contribution < 1.29 is 9.50 Å². The van der Waals surface area contributed by atoms with Crippen LogP contribution in [-0.4, -0.2) is 14.8 Å². The zero-order valence-corrected chi connectivity index (χ0v) is 14.5. The number of phenols is 1. The highest BCUT2D eigenvalue weighted by atomic mass is 19.1. The van der Waals surface area contributed by atoms with Crippen LogP contribution in [0.5, 0.6) is 5.75 Å². The van der Waals surface area contributed by atoms with Crippen molar-refractivity contribution in [1.29, 1.82) is 0 Å². The summed E-state index contributed by atoms with van der Waals surface area (Å²) in [6.45, 7) is 2.25. The molecule has 1 atom stereocenters. The van der Waals surface area contributed by atoms with Crippen LogP contribution in [0.4, 0.5) is 16.0 Å². The average Bonchev–Trinajstić information content (AvgIpc) is 3.08. The first-order chi connectivity index (χ1) is 13.0. The lowest BCUT2D eigenvalue weighted by molar-refractivity contribution is 0.475. The van der Waals surface area contributed by atoms with E-state index in [0.717, 1.165) is 16.8 Å². The molecule has 27 heavy (non-hydrogen) atoms. The number of halogens is 1. The van der Waals surface area contributed by atoms with E-state index < -0.39 is 0 Å². The number of anilines is 2. The molecule has 138 valence electrons. The van der Waals surface area contributed by atoms with E-state index in [1.165, 1.54) is 22.9 Å². The maximum absolute atomic E-state index is 13.1. The number of hydrogen-bond donors (Lipinski definition) is 4. The first-order valence-electron chi connectivity index (χ1n) is 8.44. The topological polar surface area (TPSA) is 91.2 Å². The Morgan fingerprint density at radius 3 is 2.78 bits per heavy atom. The number of aryl methyl sites for hydroxylation is 1. The monoisotopic (exact) mass is 367 g/mol. The van der Waals surface area contributed by atoms with Gasteiger partial charge < -0.3 is 15.7 Å². The van der Waals surface area contributed by atoms with Crippen molar-refractivity contribution in [2.24, 2.45) is 0 Å². The van der Waals surface area contributed by atoms with Crippen LogP contribution in [0.2, 0.25) is 0 Å². The molecule has 0 saturated carbocycles. The Bertz CT molecular complexity index is 1050. The van der Waals surface area contributed by atoms with Crippen molar-refractivity contribution in [3.05, 3.63) is 81.5 Å². The molecule has 7 nitrogen and oxygen atoms in total. The predicted octanol–water partition coefficient (Wildman–Crippen LogP) is 2.68. The van der Waals surface area contributed by atoms with E-state index in [9.17, 15) is 14.3 Å². The van der Waals surface area contributed by atoms with Gasteiger partial charge in [-0.25, -0.2) is 9.37 Å². The Morgan fingerprint density at radius 2 is 2.00 bits per heavy atom. The van der Waals surface area contributed by atoms with Gasteiger partial charge in [0.2, 0.25) is 5.95 Å². The number of nitrogens with one attached hydrogen (secondary N) is 3. The van der Waals surface area contributed by atoms with Crippen LogP contribution < -0.4 is 21.6 Å². The third kappa shape index (κ3) is 3.41. The summed E-state index contributed by atoms with van der Waals surface area (Å²) >= 11 is 0. The van der Waals surface area contributed by atoms with Crippen LogP contribution in [0, 0.1) is 12.7 Å². The number of rotatable bonds is 4. The van der Waals surface area contributed by atoms with Gasteiger partial charge in [0, 0.05) is 17.8 Å². The minimum Gasteiger partial charge on any atom is -0.508 e. The van der Waals surface area contributed by atoms with E-state index in [2.05, 4.69) is 21.0 Å². The first-order valence-corrected chi connectivity index (χ1v) is 8.44. The molecule has 1 aliphatic rings. The summed E-state index contributed by atoms with van der Waals surface area (Å²) in [5.74, 6) is 0.236. The van der Waals surface area contributed by atoms with Crippen molar-refractivity contribution in [2.75, 3.05) is 16.1 Å². The zero-order valence-electron chi connectivity index (χ0n) is 14.5. The second-order valence-electron chi connectivity index (χ2n) is 6.36. The molecule has 4 rings (SSSR count). The maximum atomic E-state index is 13.1. The van der Waals surface area contributed by atoms with E-state index in [1.807, 2.05) is 6.92 Å². The van der Waals surface area contributed by atoms with E-state index in [-0.39, 0.29) is 23.3 Å². The summed E-state index contributed by atoms with van der Waals surface area (Å²) in [6.07, 6.45) is -0.373. The number of aromatic nitrogens is 2. The second kappa shape index (κ2) is 6.64. The Kier molecular flexibility index (Phi) is 4.15. The number of nitrogens with zero attached hydrogens (tertiary/aromatic N) is 2. The number of aromatic hydroxyl groups is 1. The molecule has 0 fully saturated rings. The normalized spacial score (nSPS) is 15.0. The zero-order chi connectivity index (χ0) is 19.0. The number of hydrogen-bond acceptors (Lipinski definition) is 6. The first kappa shape index (κ1) is 16.9. The summed E-state index contributed by atoms with van der Waals surface area (Å²) in [5.41, 5.74) is 5.85. The summed E-state index contributed by atoms with van der Waals surface area (Å²) in [6, 6.07) is 12.5. The van der Waals surface area contributed by atoms with Crippen molar-refractivity contribution in [2.45, 2.75) is 19.6 Å². The molecule has 4 N–H and O–H groups in total. The third-order valence-corrected chi connectivity index (χ3v) is 4.39. The molecule has 2 aromatic carbocycles. The summed E-state index contributed by atoms with van der Waals surface area (Å²) in [5, 5.41) is 15.9. The van der Waals surface area contributed by atoms with E-state index in [0.29, 0.717) is 18.2 Å². The molecule has 0 spiro atoms. The molecule has 1 aromatic heterocycles. The molecule has 0 aliphatic carbocycles. The fraction of sp³-hybridized carbons (Fsp3) is 0.158. The van der Waals surface area contributed by atoms with Crippen LogP contribution in [0.25, 0.3) is 0 Å². The Balaban J connectivity index is 1.53. The fourth-order valence-corrected chi connectivity index (χ4v) is 2.93. The lowest BCUT2D eigenvalue weighted by Crippen LogP contribution is -2.26. The second-order valence-corrected chi connectivity index (χ2v) is 6.36. The molecule has 1 unspecified atom stereocenters. The van der Waals surface area contributed by atoms with Crippen LogP contribution in [0.15, 0.2) is 53.3 Å². The molecule has 0 saturated heterocycles. The highest BCUT2D eigenvalue weighted by molar-refractivity contribution is 5.54. The van der Waals surface area contributed by atoms with Crippen LogP contribution in [0.3, 0.4) is 0 Å². The number of phenolic OH excluding ortho intramolecular Hbond substituents is 1. The van der Waals surface area contributed by atoms with Crippen LogP contribution in [0.1, 0.15) is 23.0 Å². The van der Waals surface area contributed by atoms with Crippen molar-refractivity contribution in [1.82, 2.24) is 9.66 Å². The largest absolute Gasteiger partial charge is 0.508 e. The van der Waals surface area contributed by atoms with Crippen molar-refractivity contribution in [3.8, 4) is 5.75 Å². The molecule has 1 aliphatic heterocycles. The number of fused-ring (bicyclic) bond motifs is 1. The van der Waals surface area contributed by atoms with Crippen molar-refractivity contribution in [3.63, 3.8) is 0 Å². The molecule has 0 bridgehead atoms. The van der Waals surface area contributed by atoms with Crippen LogP contribution in [-0.2, 0) is 6.54 Å². The molecule has 2 heterocycles. The van der Waals surface area contributed by atoms with Gasteiger partial charge in [-0.15, -0.1) is 0 Å². The predicted molar refractivity (Wildman–Crippen MR) is 101 cm³/mol. The minimum atomic E-state index is -0.373. The molecule has 0 amide bonds. The molecule has 0 radical (unpaired) electrons. The quantitative estimate of drug-likeness (QED) is 0.567. The average molecular weight is 367 g/mol. The molecule has 3 aromatic rings. The van der Waals surface area contributed by atoms with Gasteiger partial charge >= 0.3 is 0 Å². The smallest absolute Gasteiger partial charge is 0.273 e. The Labute approximate surface area is 154 Å². The van der Waals surface area contributed by atoms with Gasteiger partial charge in [0.1, 0.15) is 17.7 Å². The van der Waals surface area contributed by atoms with Gasteiger partial charge in [-0.3, -0.25) is 10.2 Å². The highest BCUT2D eigenvalue weighted by Gasteiger charge is 2.23. The molecule has 8 heteroatoms. The minimum absolute atomic E-state index is 0.165. The summed E-state index contributed by atoms with van der Waals surface area (Å²) in [7, 11) is 0. The Hall–Kier alpha value is -3.55. The molecular formula is C19H18FN5O2. The van der Waals surface area contributed by atoms with Gasteiger partial charge in [-0.1, -0.05) is 18.2 Å². The van der Waals surface area contributed by atoms with Gasteiger partial charge in [-0.05, 0) is 36.2 Å².